The molecule has 0 saturated carbocycles. The highest BCUT2D eigenvalue weighted by atomic mass is 19.1. The van der Waals surface area contributed by atoms with Crippen LogP contribution in [0, 0.1) is 11.7 Å². The van der Waals surface area contributed by atoms with Crippen LogP contribution in [0.5, 0.6) is 0 Å². The van der Waals surface area contributed by atoms with Crippen LogP contribution >= 0.6 is 0 Å². The van der Waals surface area contributed by atoms with Crippen LogP contribution in [-0.4, -0.2) is 15.6 Å². The zero-order chi connectivity index (χ0) is 12.6. The maximum atomic E-state index is 13.2. The molecule has 0 bridgehead atoms. The number of nitrogens with zero attached hydrogens (tertiary/aromatic N) is 2. The predicted octanol–water partition coefficient (Wildman–Crippen LogP) is 2.24. The lowest BCUT2D eigenvalue weighted by Crippen LogP contribution is -2.29. The van der Waals surface area contributed by atoms with Crippen molar-refractivity contribution < 1.29 is 4.39 Å². The number of aryl methyl sites for hydroxylation is 1. The topological polar surface area (TPSA) is 43.8 Å². The van der Waals surface area contributed by atoms with Gasteiger partial charge in [-0.2, -0.15) is 0 Å². The Morgan fingerprint density at radius 3 is 2.76 bits per heavy atom. The first-order chi connectivity index (χ1) is 7.99. The molecule has 0 spiro atoms. The Balaban J connectivity index is 2.39. The number of aromatic nitrogens is 2. The third-order valence-electron chi connectivity index (χ3n) is 3.21. The molecule has 1 atom stereocenters. The molecule has 0 fully saturated rings. The summed E-state index contributed by atoms with van der Waals surface area (Å²) in [6.07, 6.45) is 0.713. The third kappa shape index (κ3) is 2.31. The number of rotatable bonds is 3. The summed E-state index contributed by atoms with van der Waals surface area (Å²) in [7, 11) is 1.90. The number of nitrogens with two attached hydrogens (primary N) is 1. The predicted molar refractivity (Wildman–Crippen MR) is 67.2 cm³/mol. The van der Waals surface area contributed by atoms with Crippen molar-refractivity contribution in [2.24, 2.45) is 18.7 Å². The quantitative estimate of drug-likeness (QED) is 0.886. The molecule has 0 radical (unpaired) electrons. The van der Waals surface area contributed by atoms with Crippen LogP contribution in [0.25, 0.3) is 11.0 Å². The van der Waals surface area contributed by atoms with Crippen molar-refractivity contribution >= 4 is 11.0 Å². The van der Waals surface area contributed by atoms with Crippen molar-refractivity contribution in [1.29, 1.82) is 0 Å². The number of hydrogen-bond donors (Lipinski definition) is 1. The standard InChI is InChI=1S/C13H18FN3/c1-8(2)10(15)7-13-16-11-5-4-9(14)6-12(11)17(13)3/h4-6,8,10H,7,15H2,1-3H3. The van der Waals surface area contributed by atoms with Crippen LogP contribution in [0.2, 0.25) is 0 Å². The van der Waals surface area contributed by atoms with Crippen LogP contribution < -0.4 is 5.73 Å². The van der Waals surface area contributed by atoms with E-state index in [2.05, 4.69) is 18.8 Å². The van der Waals surface area contributed by atoms with Crippen LogP contribution in [0.3, 0.4) is 0 Å². The van der Waals surface area contributed by atoms with E-state index in [1.54, 1.807) is 6.07 Å². The third-order valence-corrected chi connectivity index (χ3v) is 3.21. The summed E-state index contributed by atoms with van der Waals surface area (Å²) in [5.74, 6) is 1.08. The molecule has 0 aliphatic heterocycles. The van der Waals surface area contributed by atoms with Gasteiger partial charge in [0.15, 0.2) is 0 Å². The van der Waals surface area contributed by atoms with Crippen molar-refractivity contribution in [1.82, 2.24) is 9.55 Å². The van der Waals surface area contributed by atoms with Gasteiger partial charge in [-0.05, 0) is 24.1 Å². The second-order valence-corrected chi connectivity index (χ2v) is 4.83. The fraction of sp³-hybridized carbons (Fsp3) is 0.462. The van der Waals surface area contributed by atoms with Gasteiger partial charge >= 0.3 is 0 Å². The Morgan fingerprint density at radius 2 is 2.12 bits per heavy atom. The summed E-state index contributed by atoms with van der Waals surface area (Å²) in [5.41, 5.74) is 7.68. The van der Waals surface area contributed by atoms with Crippen molar-refractivity contribution in [3.63, 3.8) is 0 Å². The van der Waals surface area contributed by atoms with E-state index in [-0.39, 0.29) is 11.9 Å². The van der Waals surface area contributed by atoms with Gasteiger partial charge in [0, 0.05) is 19.5 Å². The number of fused-ring (bicyclic) bond motifs is 1. The Morgan fingerprint density at radius 1 is 1.41 bits per heavy atom. The summed E-state index contributed by atoms with van der Waals surface area (Å²) >= 11 is 0. The molecular formula is C13H18FN3. The maximum Gasteiger partial charge on any atom is 0.125 e. The molecule has 0 saturated heterocycles. The lowest BCUT2D eigenvalue weighted by molar-refractivity contribution is 0.477. The molecule has 1 unspecified atom stereocenters. The molecule has 2 rings (SSSR count). The van der Waals surface area contributed by atoms with Crippen LogP contribution in [-0.2, 0) is 13.5 Å². The van der Waals surface area contributed by atoms with Gasteiger partial charge in [0.25, 0.3) is 0 Å². The molecule has 0 amide bonds. The van der Waals surface area contributed by atoms with Gasteiger partial charge in [-0.15, -0.1) is 0 Å². The molecule has 1 aromatic carbocycles. The minimum atomic E-state index is -0.236. The van der Waals surface area contributed by atoms with Gasteiger partial charge in [0.2, 0.25) is 0 Å². The average Bonchev–Trinajstić information content (AvgIpc) is 2.56. The Labute approximate surface area is 100 Å². The van der Waals surface area contributed by atoms with Gasteiger partial charge in [-0.3, -0.25) is 0 Å². The highest BCUT2D eigenvalue weighted by Gasteiger charge is 2.14. The summed E-state index contributed by atoms with van der Waals surface area (Å²) in [6, 6.07) is 4.72. The molecule has 2 N–H and O–H groups in total. The summed E-state index contributed by atoms with van der Waals surface area (Å²) in [4.78, 5) is 4.49. The van der Waals surface area contributed by atoms with Crippen LogP contribution in [0.15, 0.2) is 18.2 Å². The summed E-state index contributed by atoms with van der Waals surface area (Å²) in [5, 5.41) is 0. The molecule has 0 aliphatic rings. The fourth-order valence-electron chi connectivity index (χ4n) is 1.84. The van der Waals surface area contributed by atoms with Gasteiger partial charge in [0.05, 0.1) is 11.0 Å². The highest BCUT2D eigenvalue weighted by Crippen LogP contribution is 2.17. The number of benzene rings is 1. The van der Waals surface area contributed by atoms with Crippen molar-refractivity contribution in [2.75, 3.05) is 0 Å². The molecule has 4 heteroatoms. The first-order valence-electron chi connectivity index (χ1n) is 5.85. The second kappa shape index (κ2) is 4.45. The van der Waals surface area contributed by atoms with E-state index in [0.717, 1.165) is 16.9 Å². The summed E-state index contributed by atoms with van der Waals surface area (Å²) < 4.78 is 15.1. The average molecular weight is 235 g/mol. The zero-order valence-corrected chi connectivity index (χ0v) is 10.4. The summed E-state index contributed by atoms with van der Waals surface area (Å²) in [6.45, 7) is 4.18. The SMILES string of the molecule is CC(C)C(N)Cc1nc2ccc(F)cc2n1C. The zero-order valence-electron chi connectivity index (χ0n) is 10.4. The lowest BCUT2D eigenvalue weighted by Gasteiger charge is -2.14. The van der Waals surface area contributed by atoms with Gasteiger partial charge in [0.1, 0.15) is 11.6 Å². The second-order valence-electron chi connectivity index (χ2n) is 4.83. The molecule has 2 aromatic rings. The van der Waals surface area contributed by atoms with E-state index in [0.29, 0.717) is 12.3 Å². The first-order valence-corrected chi connectivity index (χ1v) is 5.85. The largest absolute Gasteiger partial charge is 0.331 e. The Bertz CT molecular complexity index is 531. The van der Waals surface area contributed by atoms with E-state index in [9.17, 15) is 4.39 Å². The first kappa shape index (κ1) is 12.0. The van der Waals surface area contributed by atoms with Crippen molar-refractivity contribution in [3.8, 4) is 0 Å². The monoisotopic (exact) mass is 235 g/mol. The number of imidazole rings is 1. The van der Waals surface area contributed by atoms with E-state index in [1.807, 2.05) is 11.6 Å². The van der Waals surface area contributed by atoms with E-state index in [4.69, 9.17) is 5.73 Å². The smallest absolute Gasteiger partial charge is 0.125 e. The Hall–Kier alpha value is -1.42. The van der Waals surface area contributed by atoms with E-state index in [1.165, 1.54) is 12.1 Å². The van der Waals surface area contributed by atoms with Crippen LogP contribution in [0.1, 0.15) is 19.7 Å². The molecular weight excluding hydrogens is 217 g/mol. The van der Waals surface area contributed by atoms with Crippen molar-refractivity contribution in [3.05, 3.63) is 29.8 Å². The molecule has 1 aromatic heterocycles. The van der Waals surface area contributed by atoms with Crippen molar-refractivity contribution in [2.45, 2.75) is 26.3 Å². The molecule has 17 heavy (non-hydrogen) atoms. The van der Waals surface area contributed by atoms with Gasteiger partial charge in [-0.1, -0.05) is 13.8 Å². The van der Waals surface area contributed by atoms with E-state index >= 15 is 0 Å². The molecule has 1 heterocycles. The number of hydrogen-bond acceptors (Lipinski definition) is 2. The van der Waals surface area contributed by atoms with Gasteiger partial charge < -0.3 is 10.3 Å². The van der Waals surface area contributed by atoms with E-state index < -0.39 is 0 Å². The molecule has 0 aliphatic carbocycles. The number of halogens is 1. The van der Waals surface area contributed by atoms with Crippen LogP contribution in [0.4, 0.5) is 4.39 Å². The minimum absolute atomic E-state index is 0.0790. The lowest BCUT2D eigenvalue weighted by atomic mass is 10.0. The maximum absolute atomic E-state index is 13.2. The van der Waals surface area contributed by atoms with Gasteiger partial charge in [-0.25, -0.2) is 9.37 Å². The molecule has 92 valence electrons. The molecule has 3 nitrogen and oxygen atoms in total. The Kier molecular flexibility index (Phi) is 3.15. The fourth-order valence-corrected chi connectivity index (χ4v) is 1.84. The highest BCUT2D eigenvalue weighted by molar-refractivity contribution is 5.75. The normalized spacial score (nSPS) is 13.5. The minimum Gasteiger partial charge on any atom is -0.331 e.